The number of amides is 1. The second-order valence-electron chi connectivity index (χ2n) is 9.73. The number of rotatable bonds is 10. The third kappa shape index (κ3) is 5.85. The molecule has 0 bridgehead atoms. The minimum Gasteiger partial charge on any atom is -0.507 e. The summed E-state index contributed by atoms with van der Waals surface area (Å²) in [5.74, 6) is -1.02. The van der Waals surface area contributed by atoms with Crippen LogP contribution < -0.4 is 9.47 Å². The van der Waals surface area contributed by atoms with Gasteiger partial charge in [-0.15, -0.1) is 0 Å². The van der Waals surface area contributed by atoms with Gasteiger partial charge in [-0.05, 0) is 48.4 Å². The molecule has 1 unspecified atom stereocenters. The van der Waals surface area contributed by atoms with Gasteiger partial charge in [0.05, 0.1) is 43.9 Å². The zero-order valence-electron chi connectivity index (χ0n) is 23.1. The summed E-state index contributed by atoms with van der Waals surface area (Å²) in [6.45, 7) is 3.94. The number of aliphatic hydroxyl groups excluding tert-OH is 1. The third-order valence-corrected chi connectivity index (χ3v) is 8.98. The fourth-order valence-corrected chi connectivity index (χ4v) is 5.82. The summed E-state index contributed by atoms with van der Waals surface area (Å²) < 4.78 is 42.3. The summed E-state index contributed by atoms with van der Waals surface area (Å²) in [6.07, 6.45) is 0.619. The van der Waals surface area contributed by atoms with E-state index in [1.54, 1.807) is 18.2 Å². The average Bonchev–Trinajstić information content (AvgIpc) is 3.22. The quantitative estimate of drug-likeness (QED) is 0.258. The van der Waals surface area contributed by atoms with Gasteiger partial charge in [-0.1, -0.05) is 6.07 Å². The molecule has 1 N–H and O–H groups in total. The van der Waals surface area contributed by atoms with E-state index >= 15 is 0 Å². The highest BCUT2D eigenvalue weighted by Crippen LogP contribution is 2.42. The lowest BCUT2D eigenvalue weighted by atomic mass is 9.95. The zero-order chi connectivity index (χ0) is 29.0. The fourth-order valence-electron chi connectivity index (χ4n) is 4.92. The molecule has 4 rings (SSSR count). The van der Waals surface area contributed by atoms with E-state index < -0.39 is 27.8 Å². The number of aliphatic hydroxyl groups is 1. The number of methoxy groups -OCH3 is 2. The van der Waals surface area contributed by atoms with Gasteiger partial charge in [0.15, 0.2) is 11.5 Å². The van der Waals surface area contributed by atoms with Crippen LogP contribution in [-0.2, 0) is 24.3 Å². The number of ether oxygens (including phenoxy) is 3. The maximum atomic E-state index is 13.4. The van der Waals surface area contributed by atoms with Crippen LogP contribution in [0.15, 0.2) is 52.9 Å². The smallest absolute Gasteiger partial charge is 0.295 e. The molecule has 2 fully saturated rings. The zero-order valence-corrected chi connectivity index (χ0v) is 23.9. The van der Waals surface area contributed by atoms with E-state index in [4.69, 9.17) is 14.2 Å². The minimum absolute atomic E-state index is 0.0362. The van der Waals surface area contributed by atoms with Crippen molar-refractivity contribution in [1.82, 2.24) is 14.1 Å². The van der Waals surface area contributed by atoms with Crippen molar-refractivity contribution in [1.29, 1.82) is 0 Å². The van der Waals surface area contributed by atoms with Gasteiger partial charge in [0.2, 0.25) is 10.0 Å². The van der Waals surface area contributed by atoms with Crippen molar-refractivity contribution >= 4 is 27.5 Å². The fraction of sp³-hybridized carbons (Fsp3) is 0.429. The monoisotopic (exact) mass is 573 g/mol. The molecule has 2 aliphatic rings. The number of likely N-dealkylation sites (tertiary alicyclic amines) is 1. The van der Waals surface area contributed by atoms with E-state index in [1.807, 2.05) is 0 Å². The second kappa shape index (κ2) is 12.4. The maximum absolute atomic E-state index is 13.4. The van der Waals surface area contributed by atoms with Crippen LogP contribution in [0.1, 0.15) is 23.6 Å². The molecule has 40 heavy (non-hydrogen) atoms. The lowest BCUT2D eigenvalue weighted by Gasteiger charge is -2.29. The standard InChI is InChI=1S/C28H35N3O8S/c1-29(2)40(35,36)21-9-6-19(7-10-21)26(32)24-25(20-8-11-22(37-3)23(18-20)38-4)31(28(34)27(24)33)13-5-12-30-14-16-39-17-15-30/h6-11,18,25,32H,5,12-17H2,1-4H3/b26-24-. The lowest BCUT2D eigenvalue weighted by Crippen LogP contribution is -2.38. The first kappa shape index (κ1) is 29.5. The van der Waals surface area contributed by atoms with Crippen LogP contribution in [0.5, 0.6) is 11.5 Å². The van der Waals surface area contributed by atoms with Crippen LogP contribution in [0.4, 0.5) is 0 Å². The number of hydrogen-bond acceptors (Lipinski definition) is 9. The molecule has 1 amide bonds. The number of hydrogen-bond donors (Lipinski definition) is 1. The Morgan fingerprint density at radius 1 is 1.00 bits per heavy atom. The Morgan fingerprint density at radius 3 is 2.25 bits per heavy atom. The molecule has 0 aliphatic carbocycles. The Bertz CT molecular complexity index is 1380. The number of morpholine rings is 1. The molecule has 12 heteroatoms. The topological polar surface area (TPSA) is 126 Å². The summed E-state index contributed by atoms with van der Waals surface area (Å²) in [7, 11) is 2.16. The van der Waals surface area contributed by atoms with E-state index in [2.05, 4.69) is 4.90 Å². The molecular formula is C28H35N3O8S. The molecule has 2 aromatic rings. The van der Waals surface area contributed by atoms with Crippen molar-refractivity contribution in [3.63, 3.8) is 0 Å². The molecule has 2 saturated heterocycles. The van der Waals surface area contributed by atoms with Crippen LogP contribution in [0.2, 0.25) is 0 Å². The molecular weight excluding hydrogens is 538 g/mol. The summed E-state index contributed by atoms with van der Waals surface area (Å²) >= 11 is 0. The Kier molecular flexibility index (Phi) is 9.14. The van der Waals surface area contributed by atoms with Crippen LogP contribution in [-0.4, -0.2) is 107 Å². The first-order valence-corrected chi connectivity index (χ1v) is 14.4. The van der Waals surface area contributed by atoms with Crippen LogP contribution in [0.3, 0.4) is 0 Å². The molecule has 0 aromatic heterocycles. The molecule has 2 aromatic carbocycles. The maximum Gasteiger partial charge on any atom is 0.295 e. The van der Waals surface area contributed by atoms with E-state index in [9.17, 15) is 23.1 Å². The van der Waals surface area contributed by atoms with Crippen LogP contribution >= 0.6 is 0 Å². The highest BCUT2D eigenvalue weighted by atomic mass is 32.2. The Balaban J connectivity index is 1.74. The molecule has 2 heterocycles. The SMILES string of the molecule is COc1ccc(C2/C(=C(/O)c3ccc(S(=O)(=O)N(C)C)cc3)C(=O)C(=O)N2CCCN2CCOCC2)cc1OC. The highest BCUT2D eigenvalue weighted by Gasteiger charge is 2.46. The van der Waals surface area contributed by atoms with Crippen molar-refractivity contribution in [2.75, 3.05) is 67.7 Å². The van der Waals surface area contributed by atoms with Gasteiger partial charge in [0.1, 0.15) is 5.76 Å². The molecule has 216 valence electrons. The number of Topliss-reactive ketones (excluding diaryl/α,β-unsaturated/α-hetero) is 1. The Hall–Kier alpha value is -3.45. The van der Waals surface area contributed by atoms with E-state index in [0.717, 1.165) is 23.9 Å². The number of ketones is 1. The number of carbonyl (C=O) groups excluding carboxylic acids is 2. The first-order valence-electron chi connectivity index (χ1n) is 12.9. The number of nitrogens with zero attached hydrogens (tertiary/aromatic N) is 3. The van der Waals surface area contributed by atoms with Crippen LogP contribution in [0, 0.1) is 0 Å². The van der Waals surface area contributed by atoms with Gasteiger partial charge in [-0.2, -0.15) is 0 Å². The van der Waals surface area contributed by atoms with Gasteiger partial charge in [-0.25, -0.2) is 12.7 Å². The lowest BCUT2D eigenvalue weighted by molar-refractivity contribution is -0.140. The number of carbonyl (C=O) groups is 2. The van der Waals surface area contributed by atoms with Crippen molar-refractivity contribution in [2.45, 2.75) is 17.4 Å². The van der Waals surface area contributed by atoms with Crippen molar-refractivity contribution in [2.24, 2.45) is 0 Å². The van der Waals surface area contributed by atoms with Crippen molar-refractivity contribution in [3.8, 4) is 11.5 Å². The second-order valence-corrected chi connectivity index (χ2v) is 11.9. The molecule has 2 aliphatic heterocycles. The van der Waals surface area contributed by atoms with Gasteiger partial charge in [0.25, 0.3) is 11.7 Å². The summed E-state index contributed by atoms with van der Waals surface area (Å²) in [5.41, 5.74) is 0.706. The summed E-state index contributed by atoms with van der Waals surface area (Å²) in [6, 6.07) is 9.77. The molecule has 11 nitrogen and oxygen atoms in total. The predicted molar refractivity (Wildman–Crippen MR) is 148 cm³/mol. The third-order valence-electron chi connectivity index (χ3n) is 7.15. The first-order chi connectivity index (χ1) is 19.1. The van der Waals surface area contributed by atoms with E-state index in [-0.39, 0.29) is 28.3 Å². The minimum atomic E-state index is -3.69. The highest BCUT2D eigenvalue weighted by molar-refractivity contribution is 7.89. The van der Waals surface area contributed by atoms with Gasteiger partial charge < -0.3 is 24.2 Å². The Labute approximate surface area is 234 Å². The Morgan fingerprint density at radius 2 is 1.65 bits per heavy atom. The summed E-state index contributed by atoms with van der Waals surface area (Å²) in [4.78, 5) is 30.4. The van der Waals surface area contributed by atoms with Crippen LogP contribution in [0.25, 0.3) is 5.76 Å². The van der Waals surface area contributed by atoms with Crippen molar-refractivity contribution in [3.05, 3.63) is 59.2 Å². The van der Waals surface area contributed by atoms with Crippen molar-refractivity contribution < 1.29 is 37.3 Å². The van der Waals surface area contributed by atoms with Gasteiger partial charge in [-0.3, -0.25) is 14.5 Å². The normalized spacial score (nSPS) is 19.8. The molecule has 0 radical (unpaired) electrons. The summed E-state index contributed by atoms with van der Waals surface area (Å²) in [5, 5.41) is 11.4. The van der Waals surface area contributed by atoms with E-state index in [1.165, 1.54) is 57.5 Å². The van der Waals surface area contributed by atoms with E-state index in [0.29, 0.717) is 36.7 Å². The molecule has 0 spiro atoms. The average molecular weight is 574 g/mol. The van der Waals surface area contributed by atoms with Gasteiger partial charge >= 0.3 is 0 Å². The predicted octanol–water partition coefficient (Wildman–Crippen LogP) is 2.10. The number of benzene rings is 2. The molecule has 0 saturated carbocycles. The molecule has 1 atom stereocenters. The largest absolute Gasteiger partial charge is 0.507 e. The number of sulfonamides is 1. The van der Waals surface area contributed by atoms with Gasteiger partial charge in [0, 0.05) is 45.8 Å².